The number of aromatic nitrogens is 1. The highest BCUT2D eigenvalue weighted by atomic mass is 16.5. The van der Waals surface area contributed by atoms with Crippen LogP contribution in [0.15, 0.2) is 18.3 Å². The smallest absolute Gasteiger partial charge is 0.129 e. The molecule has 2 heterocycles. The number of hydrogen-bond donors (Lipinski definition) is 1. The normalized spacial score (nSPS) is 28.8. The first-order valence-corrected chi connectivity index (χ1v) is 7.35. The van der Waals surface area contributed by atoms with Gasteiger partial charge in [0, 0.05) is 18.8 Å². The Labute approximate surface area is 115 Å². The van der Waals surface area contributed by atoms with Gasteiger partial charge in [-0.05, 0) is 37.5 Å². The van der Waals surface area contributed by atoms with Crippen LogP contribution in [0.2, 0.25) is 0 Å². The highest BCUT2D eigenvalue weighted by Gasteiger charge is 2.34. The fourth-order valence-corrected chi connectivity index (χ4v) is 3.26. The van der Waals surface area contributed by atoms with E-state index >= 15 is 0 Å². The van der Waals surface area contributed by atoms with Crippen LogP contribution in [0.4, 0.5) is 5.82 Å². The average molecular weight is 261 g/mol. The van der Waals surface area contributed by atoms with E-state index in [-0.39, 0.29) is 6.04 Å². The maximum Gasteiger partial charge on any atom is 0.129 e. The largest absolute Gasteiger partial charge is 0.374 e. The van der Waals surface area contributed by atoms with Crippen molar-refractivity contribution in [2.24, 2.45) is 5.73 Å². The van der Waals surface area contributed by atoms with Crippen LogP contribution in [0.25, 0.3) is 0 Å². The van der Waals surface area contributed by atoms with E-state index in [0.717, 1.165) is 24.5 Å². The molecule has 0 spiro atoms. The predicted molar refractivity (Wildman–Crippen MR) is 76.2 cm³/mol. The number of ether oxygens (including phenoxy) is 1. The molecule has 1 aliphatic heterocycles. The lowest BCUT2D eigenvalue weighted by Crippen LogP contribution is -2.53. The van der Waals surface area contributed by atoms with Gasteiger partial charge in [0.05, 0.1) is 18.8 Å². The van der Waals surface area contributed by atoms with Crippen LogP contribution < -0.4 is 10.6 Å². The van der Waals surface area contributed by atoms with Crippen LogP contribution in [0, 0.1) is 0 Å². The van der Waals surface area contributed by atoms with Gasteiger partial charge in [-0.2, -0.15) is 0 Å². The molecule has 2 N–H and O–H groups in total. The fourth-order valence-electron chi connectivity index (χ4n) is 3.26. The van der Waals surface area contributed by atoms with E-state index in [1.54, 1.807) is 0 Å². The summed E-state index contributed by atoms with van der Waals surface area (Å²) in [5.41, 5.74) is 7.13. The van der Waals surface area contributed by atoms with E-state index in [2.05, 4.69) is 16.0 Å². The van der Waals surface area contributed by atoms with Gasteiger partial charge in [0.2, 0.25) is 0 Å². The monoisotopic (exact) mass is 261 g/mol. The van der Waals surface area contributed by atoms with Crippen LogP contribution >= 0.6 is 0 Å². The first-order valence-electron chi connectivity index (χ1n) is 7.35. The van der Waals surface area contributed by atoms with Crippen molar-refractivity contribution in [3.8, 4) is 0 Å². The molecule has 1 aliphatic carbocycles. The maximum absolute atomic E-state index is 5.97. The third-order valence-corrected chi connectivity index (χ3v) is 4.32. The number of morpholine rings is 1. The SMILES string of the molecule is C[C@@H](N)c1ccnc(N2CCOC3CCCCC32)c1. The lowest BCUT2D eigenvalue weighted by atomic mass is 9.90. The molecule has 0 radical (unpaired) electrons. The van der Waals surface area contributed by atoms with Crippen molar-refractivity contribution in [2.45, 2.75) is 50.8 Å². The number of nitrogens with two attached hydrogens (primary N) is 1. The molecule has 1 aromatic rings. The van der Waals surface area contributed by atoms with E-state index < -0.39 is 0 Å². The summed E-state index contributed by atoms with van der Waals surface area (Å²) in [5, 5.41) is 0. The zero-order valence-corrected chi connectivity index (χ0v) is 11.6. The minimum absolute atomic E-state index is 0.0601. The molecule has 0 bridgehead atoms. The summed E-state index contributed by atoms with van der Waals surface area (Å²) in [4.78, 5) is 6.98. The number of pyridine rings is 1. The summed E-state index contributed by atoms with van der Waals surface area (Å²) in [5.74, 6) is 1.06. The Bertz CT molecular complexity index is 433. The van der Waals surface area contributed by atoms with Crippen molar-refractivity contribution in [3.05, 3.63) is 23.9 Å². The highest BCUT2D eigenvalue weighted by Crippen LogP contribution is 2.31. The molecular formula is C15H23N3O. The van der Waals surface area contributed by atoms with Crippen LogP contribution in [0.5, 0.6) is 0 Å². The molecule has 4 heteroatoms. The summed E-state index contributed by atoms with van der Waals surface area (Å²) in [6, 6.07) is 4.71. The summed E-state index contributed by atoms with van der Waals surface area (Å²) < 4.78 is 5.92. The predicted octanol–water partition coefficient (Wildman–Crippen LogP) is 2.25. The van der Waals surface area contributed by atoms with Gasteiger partial charge in [-0.1, -0.05) is 12.8 Å². The Morgan fingerprint density at radius 2 is 2.26 bits per heavy atom. The molecule has 3 atom stereocenters. The Hall–Kier alpha value is -1.13. The lowest BCUT2D eigenvalue weighted by Gasteiger charge is -2.44. The molecule has 1 saturated heterocycles. The minimum Gasteiger partial charge on any atom is -0.374 e. The van der Waals surface area contributed by atoms with Crippen molar-refractivity contribution in [3.63, 3.8) is 0 Å². The number of fused-ring (bicyclic) bond motifs is 1. The van der Waals surface area contributed by atoms with Gasteiger partial charge in [-0.25, -0.2) is 4.98 Å². The summed E-state index contributed by atoms with van der Waals surface area (Å²) in [6.07, 6.45) is 7.27. The van der Waals surface area contributed by atoms with Crippen molar-refractivity contribution >= 4 is 5.82 Å². The van der Waals surface area contributed by atoms with Crippen molar-refractivity contribution in [1.82, 2.24) is 4.98 Å². The van der Waals surface area contributed by atoms with Gasteiger partial charge >= 0.3 is 0 Å². The molecule has 0 aromatic carbocycles. The number of nitrogens with zero attached hydrogens (tertiary/aromatic N) is 2. The third kappa shape index (κ3) is 2.60. The zero-order valence-electron chi connectivity index (χ0n) is 11.6. The summed E-state index contributed by atoms with van der Waals surface area (Å²) in [7, 11) is 0. The lowest BCUT2D eigenvalue weighted by molar-refractivity contribution is -0.00899. The quantitative estimate of drug-likeness (QED) is 0.887. The van der Waals surface area contributed by atoms with E-state index in [1.807, 2.05) is 19.2 Å². The van der Waals surface area contributed by atoms with Gasteiger partial charge in [0.1, 0.15) is 5.82 Å². The molecule has 2 aliphatic rings. The van der Waals surface area contributed by atoms with Crippen LogP contribution in [-0.4, -0.2) is 30.3 Å². The summed E-state index contributed by atoms with van der Waals surface area (Å²) in [6.45, 7) is 3.77. The van der Waals surface area contributed by atoms with Crippen molar-refractivity contribution < 1.29 is 4.74 Å². The van der Waals surface area contributed by atoms with Gasteiger partial charge in [0.25, 0.3) is 0 Å². The van der Waals surface area contributed by atoms with Crippen molar-refractivity contribution in [1.29, 1.82) is 0 Å². The zero-order chi connectivity index (χ0) is 13.2. The molecule has 0 amide bonds. The Morgan fingerprint density at radius 1 is 1.42 bits per heavy atom. The molecule has 1 saturated carbocycles. The van der Waals surface area contributed by atoms with E-state index in [9.17, 15) is 0 Å². The molecule has 2 fully saturated rings. The first kappa shape index (κ1) is 12.9. The van der Waals surface area contributed by atoms with Gasteiger partial charge in [0.15, 0.2) is 0 Å². The van der Waals surface area contributed by atoms with Crippen molar-refractivity contribution in [2.75, 3.05) is 18.1 Å². The minimum atomic E-state index is 0.0601. The molecule has 4 nitrogen and oxygen atoms in total. The molecule has 1 aromatic heterocycles. The molecule has 19 heavy (non-hydrogen) atoms. The second kappa shape index (κ2) is 5.47. The Balaban J connectivity index is 1.85. The molecule has 3 rings (SSSR count). The van der Waals surface area contributed by atoms with E-state index in [1.165, 1.54) is 25.7 Å². The Kier molecular flexibility index (Phi) is 3.71. The highest BCUT2D eigenvalue weighted by molar-refractivity contribution is 5.44. The fraction of sp³-hybridized carbons (Fsp3) is 0.667. The topological polar surface area (TPSA) is 51.4 Å². The number of rotatable bonds is 2. The second-order valence-electron chi connectivity index (χ2n) is 5.69. The third-order valence-electron chi connectivity index (χ3n) is 4.32. The number of anilines is 1. The van der Waals surface area contributed by atoms with Crippen LogP contribution in [0.3, 0.4) is 0 Å². The maximum atomic E-state index is 5.97. The van der Waals surface area contributed by atoms with Crippen LogP contribution in [0.1, 0.15) is 44.2 Å². The van der Waals surface area contributed by atoms with E-state index in [0.29, 0.717) is 12.1 Å². The summed E-state index contributed by atoms with van der Waals surface area (Å²) >= 11 is 0. The van der Waals surface area contributed by atoms with Crippen LogP contribution in [-0.2, 0) is 4.74 Å². The van der Waals surface area contributed by atoms with Gasteiger partial charge in [-0.3, -0.25) is 0 Å². The first-order chi connectivity index (χ1) is 9.25. The number of hydrogen-bond acceptors (Lipinski definition) is 4. The van der Waals surface area contributed by atoms with E-state index in [4.69, 9.17) is 10.5 Å². The second-order valence-corrected chi connectivity index (χ2v) is 5.69. The molecule has 104 valence electrons. The average Bonchev–Trinajstić information content (AvgIpc) is 2.47. The molecule has 2 unspecified atom stereocenters. The van der Waals surface area contributed by atoms with Gasteiger partial charge < -0.3 is 15.4 Å². The standard InChI is InChI=1S/C15H23N3O/c1-11(16)12-6-7-17-15(10-12)18-8-9-19-14-5-3-2-4-13(14)18/h6-7,10-11,13-14H,2-5,8-9,16H2,1H3/t11-,13?,14?/m1/s1. The Morgan fingerprint density at radius 3 is 3.11 bits per heavy atom. The molecular weight excluding hydrogens is 238 g/mol. The van der Waals surface area contributed by atoms with Gasteiger partial charge in [-0.15, -0.1) is 0 Å².